The van der Waals surface area contributed by atoms with Crippen molar-refractivity contribution in [2.24, 2.45) is 11.8 Å². The maximum atomic E-state index is 12.7. The lowest BCUT2D eigenvalue weighted by molar-refractivity contribution is -0.129. The van der Waals surface area contributed by atoms with Gasteiger partial charge in [0.1, 0.15) is 17.4 Å². The SMILES string of the molecule is Cc1ccc2cccc(O[C@@H]3C[C@@H]4CN(C(=O)Cc5ccsc5)C[C@@H]4C[C@H]3O)c2n1. The molecule has 5 nitrogen and oxygen atoms in total. The highest BCUT2D eigenvalue weighted by Gasteiger charge is 2.43. The number of para-hydroxylation sites is 1. The zero-order valence-corrected chi connectivity index (χ0v) is 17.8. The minimum atomic E-state index is -0.529. The van der Waals surface area contributed by atoms with Crippen LogP contribution in [0.25, 0.3) is 10.9 Å². The average Bonchev–Trinajstić information content (AvgIpc) is 3.38. The Bertz CT molecular complexity index is 1050. The highest BCUT2D eigenvalue weighted by molar-refractivity contribution is 7.08. The molecule has 4 atom stereocenters. The predicted molar refractivity (Wildman–Crippen MR) is 118 cm³/mol. The van der Waals surface area contributed by atoms with Crippen molar-refractivity contribution >= 4 is 28.1 Å². The van der Waals surface area contributed by atoms with E-state index >= 15 is 0 Å². The van der Waals surface area contributed by atoms with Gasteiger partial charge in [0.15, 0.2) is 0 Å². The molecular formula is C24H26N2O3S. The van der Waals surface area contributed by atoms with Crippen molar-refractivity contribution in [1.82, 2.24) is 9.88 Å². The van der Waals surface area contributed by atoms with Crippen molar-refractivity contribution in [3.05, 3.63) is 58.4 Å². The van der Waals surface area contributed by atoms with Gasteiger partial charge in [0.05, 0.1) is 12.5 Å². The molecule has 1 aliphatic heterocycles. The zero-order valence-electron chi connectivity index (χ0n) is 17.0. The van der Waals surface area contributed by atoms with Crippen molar-refractivity contribution in [3.63, 3.8) is 0 Å². The Morgan fingerprint density at radius 1 is 1.20 bits per heavy atom. The number of aromatic nitrogens is 1. The molecule has 3 aromatic rings. The van der Waals surface area contributed by atoms with E-state index in [2.05, 4.69) is 4.98 Å². The van der Waals surface area contributed by atoms with E-state index in [0.717, 1.165) is 47.4 Å². The molecule has 0 spiro atoms. The summed E-state index contributed by atoms with van der Waals surface area (Å²) in [6, 6.07) is 12.0. The summed E-state index contributed by atoms with van der Waals surface area (Å²) in [5.74, 6) is 1.62. The predicted octanol–water partition coefficient (Wildman–Crippen LogP) is 3.82. The lowest BCUT2D eigenvalue weighted by Crippen LogP contribution is -2.42. The number of likely N-dealkylation sites (tertiary alicyclic amines) is 1. The minimum Gasteiger partial charge on any atom is -0.485 e. The van der Waals surface area contributed by atoms with E-state index in [0.29, 0.717) is 24.7 Å². The number of aliphatic hydroxyl groups is 1. The minimum absolute atomic E-state index is 0.184. The average molecular weight is 423 g/mol. The van der Waals surface area contributed by atoms with Crippen molar-refractivity contribution < 1.29 is 14.6 Å². The van der Waals surface area contributed by atoms with Crippen LogP contribution in [-0.4, -0.2) is 46.2 Å². The van der Waals surface area contributed by atoms with Gasteiger partial charge in [-0.05, 0) is 66.1 Å². The number of hydrogen-bond acceptors (Lipinski definition) is 5. The van der Waals surface area contributed by atoms with Crippen LogP contribution in [0.3, 0.4) is 0 Å². The smallest absolute Gasteiger partial charge is 0.227 e. The molecule has 1 saturated heterocycles. The molecule has 0 bridgehead atoms. The maximum absolute atomic E-state index is 12.7. The normalized spacial score (nSPS) is 26.0. The molecule has 1 aromatic carbocycles. The Labute approximate surface area is 180 Å². The Hall–Kier alpha value is -2.44. The fourth-order valence-electron chi connectivity index (χ4n) is 4.88. The summed E-state index contributed by atoms with van der Waals surface area (Å²) in [7, 11) is 0. The molecule has 3 heterocycles. The van der Waals surface area contributed by atoms with E-state index in [9.17, 15) is 9.90 Å². The molecule has 5 rings (SSSR count). The molecule has 1 aliphatic carbocycles. The number of fused-ring (bicyclic) bond motifs is 2. The van der Waals surface area contributed by atoms with Crippen LogP contribution in [0.4, 0.5) is 0 Å². The van der Waals surface area contributed by atoms with Gasteiger partial charge >= 0.3 is 0 Å². The number of thiophene rings is 1. The third-order valence-electron chi connectivity index (χ3n) is 6.47. The fraction of sp³-hybridized carbons (Fsp3) is 0.417. The van der Waals surface area contributed by atoms with Crippen LogP contribution in [0.2, 0.25) is 0 Å². The van der Waals surface area contributed by atoms with Gasteiger partial charge in [-0.3, -0.25) is 4.79 Å². The van der Waals surface area contributed by atoms with Gasteiger partial charge in [0, 0.05) is 24.2 Å². The quantitative estimate of drug-likeness (QED) is 0.694. The summed E-state index contributed by atoms with van der Waals surface area (Å²) in [5.41, 5.74) is 2.86. The molecule has 0 unspecified atom stereocenters. The van der Waals surface area contributed by atoms with Gasteiger partial charge in [-0.1, -0.05) is 18.2 Å². The highest BCUT2D eigenvalue weighted by Crippen LogP contribution is 2.39. The number of carbonyl (C=O) groups excluding carboxylic acids is 1. The topological polar surface area (TPSA) is 62.7 Å². The van der Waals surface area contributed by atoms with E-state index in [4.69, 9.17) is 4.74 Å². The fourth-order valence-corrected chi connectivity index (χ4v) is 5.54. The standard InChI is InChI=1S/C24H26N2O3S/c1-15-5-6-17-3-2-4-21(24(17)25-15)29-22-11-19-13-26(12-18(19)10-20(22)27)23(28)9-16-7-8-30-14-16/h2-8,14,18-20,22,27H,9-13H2,1H3/t18-,19+,20+,22+/m0/s1. The van der Waals surface area contributed by atoms with E-state index in [1.54, 1.807) is 11.3 Å². The van der Waals surface area contributed by atoms with E-state index in [-0.39, 0.29) is 12.0 Å². The largest absolute Gasteiger partial charge is 0.485 e. The van der Waals surface area contributed by atoms with Gasteiger partial charge in [-0.2, -0.15) is 11.3 Å². The molecular weight excluding hydrogens is 396 g/mol. The molecule has 1 amide bonds. The van der Waals surface area contributed by atoms with Crippen molar-refractivity contribution in [1.29, 1.82) is 0 Å². The molecule has 6 heteroatoms. The van der Waals surface area contributed by atoms with Gasteiger partial charge < -0.3 is 14.7 Å². The van der Waals surface area contributed by atoms with E-state index in [1.165, 1.54) is 0 Å². The first kappa shape index (κ1) is 19.5. The second-order valence-corrected chi connectivity index (χ2v) is 9.38. The first-order valence-corrected chi connectivity index (χ1v) is 11.5. The summed E-state index contributed by atoms with van der Waals surface area (Å²) in [6.45, 7) is 3.47. The molecule has 0 radical (unpaired) electrons. The number of pyridine rings is 1. The highest BCUT2D eigenvalue weighted by atomic mass is 32.1. The number of ether oxygens (including phenoxy) is 1. The van der Waals surface area contributed by atoms with Crippen LogP contribution < -0.4 is 4.74 Å². The molecule has 2 aliphatic rings. The van der Waals surface area contributed by atoms with Gasteiger partial charge in [-0.15, -0.1) is 0 Å². The first-order chi connectivity index (χ1) is 14.6. The second kappa shape index (κ2) is 8.00. The third-order valence-corrected chi connectivity index (χ3v) is 7.21. The molecule has 2 aromatic heterocycles. The lowest BCUT2D eigenvalue weighted by Gasteiger charge is -2.35. The van der Waals surface area contributed by atoms with Crippen molar-refractivity contribution in [2.75, 3.05) is 13.1 Å². The number of carbonyl (C=O) groups is 1. The van der Waals surface area contributed by atoms with Crippen LogP contribution in [0.15, 0.2) is 47.2 Å². The van der Waals surface area contributed by atoms with Crippen molar-refractivity contribution in [2.45, 2.75) is 38.4 Å². The van der Waals surface area contributed by atoms with Crippen LogP contribution in [0.5, 0.6) is 5.75 Å². The first-order valence-electron chi connectivity index (χ1n) is 10.6. The Morgan fingerprint density at radius 3 is 2.83 bits per heavy atom. The summed E-state index contributed by atoms with van der Waals surface area (Å²) in [6.07, 6.45) is 1.10. The Balaban J connectivity index is 1.28. The number of hydrogen-bond donors (Lipinski definition) is 1. The van der Waals surface area contributed by atoms with Crippen LogP contribution >= 0.6 is 11.3 Å². The Kier molecular flexibility index (Phi) is 5.21. The molecule has 30 heavy (non-hydrogen) atoms. The Morgan fingerprint density at radius 2 is 2.03 bits per heavy atom. The molecule has 1 saturated carbocycles. The number of nitrogens with zero attached hydrogens (tertiary/aromatic N) is 2. The van der Waals surface area contributed by atoms with E-state index in [1.807, 2.05) is 59.0 Å². The number of aliphatic hydroxyl groups excluding tert-OH is 1. The lowest BCUT2D eigenvalue weighted by atomic mass is 9.78. The monoisotopic (exact) mass is 422 g/mol. The van der Waals surface area contributed by atoms with Crippen LogP contribution in [0, 0.1) is 18.8 Å². The molecule has 2 fully saturated rings. The van der Waals surface area contributed by atoms with Crippen molar-refractivity contribution in [3.8, 4) is 5.75 Å². The molecule has 156 valence electrons. The van der Waals surface area contributed by atoms with E-state index < -0.39 is 6.10 Å². The van der Waals surface area contributed by atoms with Gasteiger partial charge in [0.2, 0.25) is 5.91 Å². The number of amides is 1. The summed E-state index contributed by atoms with van der Waals surface area (Å²) in [5, 5.41) is 15.9. The third kappa shape index (κ3) is 3.82. The van der Waals surface area contributed by atoms with Gasteiger partial charge in [0.25, 0.3) is 0 Å². The number of aryl methyl sites for hydroxylation is 1. The maximum Gasteiger partial charge on any atom is 0.227 e. The number of benzene rings is 1. The second-order valence-electron chi connectivity index (χ2n) is 8.60. The summed E-state index contributed by atoms with van der Waals surface area (Å²) in [4.78, 5) is 19.3. The van der Waals surface area contributed by atoms with Crippen LogP contribution in [-0.2, 0) is 11.2 Å². The van der Waals surface area contributed by atoms with Gasteiger partial charge in [-0.25, -0.2) is 4.98 Å². The zero-order chi connectivity index (χ0) is 20.7. The summed E-state index contributed by atoms with van der Waals surface area (Å²) < 4.78 is 6.31. The summed E-state index contributed by atoms with van der Waals surface area (Å²) >= 11 is 1.62. The number of rotatable bonds is 4. The van der Waals surface area contributed by atoms with Crippen LogP contribution in [0.1, 0.15) is 24.1 Å². The molecule has 1 N–H and O–H groups in total.